The predicted octanol–water partition coefficient (Wildman–Crippen LogP) is 0.104. The zero-order valence-electron chi connectivity index (χ0n) is 4.84. The number of halogens is 1. The van der Waals surface area contributed by atoms with Gasteiger partial charge in [-0.25, -0.2) is 9.82 Å². The van der Waals surface area contributed by atoms with Gasteiger partial charge in [0.2, 0.25) is 5.79 Å². The molecule has 0 spiro atoms. The Kier molecular flexibility index (Phi) is 1.59. The van der Waals surface area contributed by atoms with E-state index in [4.69, 9.17) is 5.84 Å². The molecule has 1 aliphatic rings. The first-order valence-corrected chi connectivity index (χ1v) is 2.63. The molecule has 1 atom stereocenters. The van der Waals surface area contributed by atoms with Crippen molar-refractivity contribution in [3.05, 3.63) is 12.3 Å². The van der Waals surface area contributed by atoms with E-state index in [9.17, 15) is 4.39 Å². The van der Waals surface area contributed by atoms with Gasteiger partial charge in [-0.3, -0.25) is 10.8 Å². The Morgan fingerprint density at radius 3 is 2.89 bits per heavy atom. The van der Waals surface area contributed by atoms with Crippen LogP contribution in [-0.2, 0) is 0 Å². The molecular formula is C5H8FN3. The fourth-order valence-electron chi connectivity index (χ4n) is 0.595. The van der Waals surface area contributed by atoms with E-state index in [2.05, 4.69) is 4.99 Å². The van der Waals surface area contributed by atoms with Crippen LogP contribution < -0.4 is 11.3 Å². The average molecular weight is 129 g/mol. The van der Waals surface area contributed by atoms with Crippen LogP contribution in [0.25, 0.3) is 0 Å². The van der Waals surface area contributed by atoms with E-state index in [1.54, 1.807) is 6.08 Å². The minimum absolute atomic E-state index is 0.243. The Labute approximate surface area is 52.4 Å². The van der Waals surface area contributed by atoms with Crippen molar-refractivity contribution >= 4 is 6.21 Å². The summed E-state index contributed by atoms with van der Waals surface area (Å²) in [7, 11) is 0. The van der Waals surface area contributed by atoms with E-state index in [1.807, 2.05) is 5.43 Å². The molecule has 1 aliphatic heterocycles. The van der Waals surface area contributed by atoms with Crippen molar-refractivity contribution in [2.75, 3.05) is 0 Å². The molecule has 50 valence electrons. The van der Waals surface area contributed by atoms with E-state index in [0.29, 0.717) is 0 Å². The Hall–Kier alpha value is -0.740. The smallest absolute Gasteiger partial charge is 0.212 e. The number of nitrogens with two attached hydrogens (primary N) is 1. The van der Waals surface area contributed by atoms with Gasteiger partial charge in [0.1, 0.15) is 0 Å². The normalized spacial score (nSPS) is 33.1. The maximum Gasteiger partial charge on any atom is 0.212 e. The quantitative estimate of drug-likeness (QED) is 0.300. The highest BCUT2D eigenvalue weighted by Gasteiger charge is 2.24. The first-order valence-electron chi connectivity index (χ1n) is 2.63. The van der Waals surface area contributed by atoms with Crippen molar-refractivity contribution in [2.24, 2.45) is 10.8 Å². The topological polar surface area (TPSA) is 50.4 Å². The molecule has 0 bridgehead atoms. The van der Waals surface area contributed by atoms with Gasteiger partial charge in [-0.1, -0.05) is 6.08 Å². The molecule has 4 heteroatoms. The summed E-state index contributed by atoms with van der Waals surface area (Å²) in [5.74, 6) is 3.26. The summed E-state index contributed by atoms with van der Waals surface area (Å²) in [5.41, 5.74) is 2.01. The van der Waals surface area contributed by atoms with E-state index in [0.717, 1.165) is 6.21 Å². The summed E-state index contributed by atoms with van der Waals surface area (Å²) >= 11 is 0. The van der Waals surface area contributed by atoms with Crippen LogP contribution in [0.5, 0.6) is 0 Å². The minimum Gasteiger partial charge on any atom is -0.268 e. The van der Waals surface area contributed by atoms with Crippen LogP contribution in [0.2, 0.25) is 0 Å². The monoisotopic (exact) mass is 129 g/mol. The summed E-state index contributed by atoms with van der Waals surface area (Å²) in [6.07, 6.45) is 4.54. The van der Waals surface area contributed by atoms with Gasteiger partial charge in [0.15, 0.2) is 0 Å². The number of rotatable bonds is 1. The molecule has 0 amide bonds. The third-order valence-corrected chi connectivity index (χ3v) is 1.13. The van der Waals surface area contributed by atoms with Gasteiger partial charge >= 0.3 is 0 Å². The zero-order chi connectivity index (χ0) is 6.74. The standard InChI is InChI=1S/C5H8FN3/c6-5(9-7)2-1-3-8-4-5/h1,3-4,9H,2,7H2. The molecule has 9 heavy (non-hydrogen) atoms. The summed E-state index contributed by atoms with van der Waals surface area (Å²) in [6, 6.07) is 0. The number of hydrogen-bond donors (Lipinski definition) is 2. The maximum absolute atomic E-state index is 12.9. The summed E-state index contributed by atoms with van der Waals surface area (Å²) < 4.78 is 12.9. The lowest BCUT2D eigenvalue weighted by molar-refractivity contribution is 0.210. The lowest BCUT2D eigenvalue weighted by Crippen LogP contribution is -2.47. The first-order chi connectivity index (χ1) is 4.27. The van der Waals surface area contributed by atoms with Gasteiger partial charge in [-0.2, -0.15) is 0 Å². The number of nitrogens with zero attached hydrogens (tertiary/aromatic N) is 1. The van der Waals surface area contributed by atoms with Gasteiger partial charge in [0.25, 0.3) is 0 Å². The number of hydrogen-bond acceptors (Lipinski definition) is 3. The Balaban J connectivity index is 2.63. The molecule has 0 saturated heterocycles. The highest BCUT2D eigenvalue weighted by atomic mass is 19.1. The van der Waals surface area contributed by atoms with Crippen LogP contribution in [0.15, 0.2) is 17.3 Å². The van der Waals surface area contributed by atoms with Crippen molar-refractivity contribution in [1.82, 2.24) is 5.43 Å². The second kappa shape index (κ2) is 2.24. The predicted molar refractivity (Wildman–Crippen MR) is 33.4 cm³/mol. The van der Waals surface area contributed by atoms with E-state index >= 15 is 0 Å². The Morgan fingerprint density at radius 1 is 1.78 bits per heavy atom. The maximum atomic E-state index is 12.9. The lowest BCUT2D eigenvalue weighted by atomic mass is 10.2. The number of alkyl halides is 1. The van der Waals surface area contributed by atoms with Crippen LogP contribution in [0.3, 0.4) is 0 Å². The summed E-state index contributed by atoms with van der Waals surface area (Å²) in [5, 5.41) is 0. The van der Waals surface area contributed by atoms with Crippen LogP contribution >= 0.6 is 0 Å². The fourth-order valence-corrected chi connectivity index (χ4v) is 0.595. The van der Waals surface area contributed by atoms with E-state index in [1.165, 1.54) is 6.20 Å². The second-order valence-electron chi connectivity index (χ2n) is 1.87. The molecule has 0 radical (unpaired) electrons. The van der Waals surface area contributed by atoms with Crippen molar-refractivity contribution in [3.63, 3.8) is 0 Å². The Bertz CT molecular complexity index is 154. The molecule has 0 aromatic heterocycles. The van der Waals surface area contributed by atoms with Gasteiger partial charge in [0.05, 0.1) is 6.21 Å². The van der Waals surface area contributed by atoms with E-state index < -0.39 is 5.79 Å². The SMILES string of the molecule is NNC1(F)C=NC=CC1. The highest BCUT2D eigenvalue weighted by Crippen LogP contribution is 2.12. The molecule has 0 aliphatic carbocycles. The average Bonchev–Trinajstić information content (AvgIpc) is 1.90. The molecule has 0 saturated carbocycles. The van der Waals surface area contributed by atoms with E-state index in [-0.39, 0.29) is 6.42 Å². The van der Waals surface area contributed by atoms with Crippen LogP contribution in [0, 0.1) is 0 Å². The molecule has 0 aromatic carbocycles. The van der Waals surface area contributed by atoms with Gasteiger partial charge in [-0.05, 0) is 0 Å². The lowest BCUT2D eigenvalue weighted by Gasteiger charge is -2.18. The number of nitrogens with one attached hydrogen (secondary N) is 1. The molecule has 0 fully saturated rings. The zero-order valence-corrected chi connectivity index (χ0v) is 4.84. The molecular weight excluding hydrogens is 121 g/mol. The molecule has 1 heterocycles. The molecule has 3 N–H and O–H groups in total. The van der Waals surface area contributed by atoms with Crippen molar-refractivity contribution < 1.29 is 4.39 Å². The van der Waals surface area contributed by atoms with Gasteiger partial charge in [0, 0.05) is 12.6 Å². The van der Waals surface area contributed by atoms with Crippen LogP contribution in [0.4, 0.5) is 4.39 Å². The van der Waals surface area contributed by atoms with Gasteiger partial charge in [-0.15, -0.1) is 0 Å². The number of aliphatic imine (C=N–C) groups is 1. The summed E-state index contributed by atoms with van der Waals surface area (Å²) in [6.45, 7) is 0. The van der Waals surface area contributed by atoms with Crippen LogP contribution in [0.1, 0.15) is 6.42 Å². The molecule has 1 unspecified atom stereocenters. The third kappa shape index (κ3) is 1.34. The van der Waals surface area contributed by atoms with Gasteiger partial charge < -0.3 is 0 Å². The van der Waals surface area contributed by atoms with Crippen molar-refractivity contribution in [2.45, 2.75) is 12.2 Å². The van der Waals surface area contributed by atoms with Crippen molar-refractivity contribution in [3.8, 4) is 0 Å². The molecule has 1 rings (SSSR count). The highest BCUT2D eigenvalue weighted by molar-refractivity contribution is 5.69. The molecule has 0 aromatic rings. The van der Waals surface area contributed by atoms with Crippen LogP contribution in [-0.4, -0.2) is 12.0 Å². The Morgan fingerprint density at radius 2 is 2.56 bits per heavy atom. The fraction of sp³-hybridized carbons (Fsp3) is 0.400. The largest absolute Gasteiger partial charge is 0.268 e. The van der Waals surface area contributed by atoms with Crippen molar-refractivity contribution in [1.29, 1.82) is 0 Å². The first kappa shape index (κ1) is 6.38. The summed E-state index contributed by atoms with van der Waals surface area (Å²) in [4.78, 5) is 3.58. The number of hydrazine groups is 1. The minimum atomic E-state index is -1.63. The molecule has 3 nitrogen and oxygen atoms in total. The third-order valence-electron chi connectivity index (χ3n) is 1.13. The second-order valence-corrected chi connectivity index (χ2v) is 1.87.